The van der Waals surface area contributed by atoms with Crippen molar-refractivity contribution in [1.29, 1.82) is 0 Å². The quantitative estimate of drug-likeness (QED) is 0.820. The first-order valence-electron chi connectivity index (χ1n) is 9.60. The molecule has 1 heterocycles. The van der Waals surface area contributed by atoms with Gasteiger partial charge in [-0.05, 0) is 48.8 Å². The third-order valence-electron chi connectivity index (χ3n) is 5.98. The molecule has 2 aliphatic rings. The Balaban J connectivity index is 1.70. The zero-order valence-corrected chi connectivity index (χ0v) is 16.0. The zero-order valence-electron chi connectivity index (χ0n) is 16.0. The van der Waals surface area contributed by atoms with E-state index >= 15 is 0 Å². The molecule has 0 unspecified atom stereocenters. The summed E-state index contributed by atoms with van der Waals surface area (Å²) >= 11 is 0. The van der Waals surface area contributed by atoms with E-state index in [1.165, 1.54) is 12.1 Å². The lowest BCUT2D eigenvalue weighted by Crippen LogP contribution is -2.52. The molecule has 1 saturated heterocycles. The Morgan fingerprint density at radius 3 is 2.59 bits per heavy atom. The van der Waals surface area contributed by atoms with E-state index in [0.29, 0.717) is 17.5 Å². The molecule has 0 spiro atoms. The van der Waals surface area contributed by atoms with E-state index in [1.54, 1.807) is 13.1 Å². The Morgan fingerprint density at radius 1 is 1.22 bits per heavy atom. The predicted octanol–water partition coefficient (Wildman–Crippen LogP) is 3.28. The number of carbonyl (C=O) groups is 1. The molecular weight excluding hydrogens is 355 g/mol. The van der Waals surface area contributed by atoms with Gasteiger partial charge in [-0.1, -0.05) is 19.9 Å². The van der Waals surface area contributed by atoms with Gasteiger partial charge in [0.1, 0.15) is 0 Å². The maximum Gasteiger partial charge on any atom is 0.416 e. The Kier molecular flexibility index (Phi) is 5.70. The molecule has 1 aromatic carbocycles. The molecule has 1 aliphatic carbocycles. The van der Waals surface area contributed by atoms with Crippen LogP contribution in [0.25, 0.3) is 0 Å². The van der Waals surface area contributed by atoms with Crippen LogP contribution in [0.2, 0.25) is 0 Å². The number of anilines is 1. The number of benzene rings is 1. The maximum atomic E-state index is 13.0. The molecule has 0 bridgehead atoms. The highest BCUT2D eigenvalue weighted by Crippen LogP contribution is 2.41. The predicted molar refractivity (Wildman–Crippen MR) is 99.5 cm³/mol. The van der Waals surface area contributed by atoms with Crippen LogP contribution in [0.15, 0.2) is 24.3 Å². The highest BCUT2D eigenvalue weighted by atomic mass is 19.4. The monoisotopic (exact) mass is 383 g/mol. The Morgan fingerprint density at radius 2 is 1.96 bits per heavy atom. The summed E-state index contributed by atoms with van der Waals surface area (Å²) in [7, 11) is 1.64. The molecule has 3 rings (SSSR count). The number of carbonyl (C=O) groups excluding carboxylic acids is 1. The number of fused-ring (bicyclic) bond motifs is 1. The minimum Gasteiger partial charge on any atom is -0.371 e. The Bertz CT molecular complexity index is 677. The van der Waals surface area contributed by atoms with Crippen LogP contribution >= 0.6 is 0 Å². The largest absolute Gasteiger partial charge is 0.416 e. The van der Waals surface area contributed by atoms with Gasteiger partial charge in [0.2, 0.25) is 5.91 Å². The van der Waals surface area contributed by atoms with Gasteiger partial charge in [-0.3, -0.25) is 4.79 Å². The van der Waals surface area contributed by atoms with Crippen LogP contribution < -0.4 is 15.5 Å². The Labute approximate surface area is 158 Å². The number of alkyl halides is 3. The second-order valence-corrected chi connectivity index (χ2v) is 8.06. The van der Waals surface area contributed by atoms with Crippen molar-refractivity contribution in [3.8, 4) is 0 Å². The zero-order chi connectivity index (χ0) is 19.8. The molecule has 27 heavy (non-hydrogen) atoms. The lowest BCUT2D eigenvalue weighted by Gasteiger charge is -2.29. The third-order valence-corrected chi connectivity index (χ3v) is 5.98. The van der Waals surface area contributed by atoms with Crippen LogP contribution in [0.4, 0.5) is 18.9 Å². The number of hydrogen-bond acceptors (Lipinski definition) is 3. The van der Waals surface area contributed by atoms with E-state index in [0.717, 1.165) is 32.0 Å². The van der Waals surface area contributed by atoms with Crippen LogP contribution in [0.1, 0.15) is 32.3 Å². The van der Waals surface area contributed by atoms with E-state index in [1.807, 2.05) is 13.8 Å². The second kappa shape index (κ2) is 7.70. The molecule has 2 N–H and O–H groups in total. The van der Waals surface area contributed by atoms with Crippen molar-refractivity contribution in [2.24, 2.45) is 17.8 Å². The fourth-order valence-electron chi connectivity index (χ4n) is 4.52. The van der Waals surface area contributed by atoms with E-state index < -0.39 is 11.7 Å². The fraction of sp³-hybridized carbons (Fsp3) is 0.650. The number of amides is 1. The summed E-state index contributed by atoms with van der Waals surface area (Å²) in [6.45, 7) is 5.53. The SMILES string of the molecule is CNC(=O)[C@@H](N[C@H]1CC[C@@H]2CN(c3cccc(C(F)(F)F)c3)C[C@@H]21)C(C)C. The van der Waals surface area contributed by atoms with Crippen molar-refractivity contribution in [2.45, 2.75) is 44.9 Å². The van der Waals surface area contributed by atoms with Gasteiger partial charge >= 0.3 is 6.18 Å². The van der Waals surface area contributed by atoms with Gasteiger partial charge in [0, 0.05) is 31.9 Å². The first-order valence-corrected chi connectivity index (χ1v) is 9.60. The molecule has 150 valence electrons. The highest BCUT2D eigenvalue weighted by Gasteiger charge is 2.44. The first kappa shape index (κ1) is 20.0. The smallest absolute Gasteiger partial charge is 0.371 e. The molecule has 0 radical (unpaired) electrons. The van der Waals surface area contributed by atoms with Crippen molar-refractivity contribution in [1.82, 2.24) is 10.6 Å². The summed E-state index contributed by atoms with van der Waals surface area (Å²) in [6, 6.07) is 5.55. The molecule has 1 aromatic rings. The van der Waals surface area contributed by atoms with Gasteiger partial charge in [0.15, 0.2) is 0 Å². The standard InChI is InChI=1S/C20H28F3N3O/c1-12(2)18(19(27)24-3)25-17-8-7-13-10-26(11-16(13)17)15-6-4-5-14(9-15)20(21,22)23/h4-6,9,12-13,16-18,25H,7-8,10-11H2,1-3H3,(H,24,27)/t13-,16+,17+,18+/m1/s1. The van der Waals surface area contributed by atoms with Gasteiger partial charge in [-0.2, -0.15) is 13.2 Å². The second-order valence-electron chi connectivity index (χ2n) is 8.06. The summed E-state index contributed by atoms with van der Waals surface area (Å²) < 4.78 is 39.0. The van der Waals surface area contributed by atoms with Crippen molar-refractivity contribution < 1.29 is 18.0 Å². The summed E-state index contributed by atoms with van der Waals surface area (Å²) in [4.78, 5) is 14.2. The van der Waals surface area contributed by atoms with Crippen molar-refractivity contribution in [3.05, 3.63) is 29.8 Å². The number of hydrogen-bond donors (Lipinski definition) is 2. The summed E-state index contributed by atoms with van der Waals surface area (Å²) in [5, 5.41) is 6.24. The van der Waals surface area contributed by atoms with Gasteiger partial charge < -0.3 is 15.5 Å². The fourth-order valence-corrected chi connectivity index (χ4v) is 4.52. The molecule has 4 nitrogen and oxygen atoms in total. The minimum atomic E-state index is -4.33. The number of halogens is 3. The third kappa shape index (κ3) is 4.23. The summed E-state index contributed by atoms with van der Waals surface area (Å²) in [5.74, 6) is 0.964. The van der Waals surface area contributed by atoms with Crippen molar-refractivity contribution in [3.63, 3.8) is 0 Å². The highest BCUT2D eigenvalue weighted by molar-refractivity contribution is 5.81. The molecule has 2 fully saturated rings. The lowest BCUT2D eigenvalue weighted by atomic mass is 9.95. The summed E-state index contributed by atoms with van der Waals surface area (Å²) in [5.41, 5.74) is 0.0240. The average molecular weight is 383 g/mol. The average Bonchev–Trinajstić information content (AvgIpc) is 3.19. The number of rotatable bonds is 5. The Hall–Kier alpha value is -1.76. The van der Waals surface area contributed by atoms with Gasteiger partial charge in [-0.25, -0.2) is 0 Å². The molecule has 7 heteroatoms. The normalized spacial score (nSPS) is 26.3. The van der Waals surface area contributed by atoms with Crippen LogP contribution in [0.5, 0.6) is 0 Å². The van der Waals surface area contributed by atoms with Crippen LogP contribution in [0, 0.1) is 17.8 Å². The van der Waals surface area contributed by atoms with Crippen LogP contribution in [0.3, 0.4) is 0 Å². The molecule has 1 amide bonds. The molecular formula is C20H28F3N3O. The van der Waals surface area contributed by atoms with Gasteiger partial charge in [0.25, 0.3) is 0 Å². The minimum absolute atomic E-state index is 0.0128. The first-order chi connectivity index (χ1) is 12.7. The topological polar surface area (TPSA) is 44.4 Å². The van der Waals surface area contributed by atoms with Crippen LogP contribution in [-0.2, 0) is 11.0 Å². The van der Waals surface area contributed by atoms with Crippen LogP contribution in [-0.4, -0.2) is 38.1 Å². The van der Waals surface area contributed by atoms with Gasteiger partial charge in [-0.15, -0.1) is 0 Å². The number of nitrogens with zero attached hydrogens (tertiary/aromatic N) is 1. The van der Waals surface area contributed by atoms with Crippen molar-refractivity contribution in [2.75, 3.05) is 25.0 Å². The maximum absolute atomic E-state index is 13.0. The van der Waals surface area contributed by atoms with E-state index in [2.05, 4.69) is 15.5 Å². The molecule has 0 aromatic heterocycles. The van der Waals surface area contributed by atoms with E-state index in [9.17, 15) is 18.0 Å². The van der Waals surface area contributed by atoms with E-state index in [4.69, 9.17) is 0 Å². The summed E-state index contributed by atoms with van der Waals surface area (Å²) in [6.07, 6.45) is -2.28. The van der Waals surface area contributed by atoms with Gasteiger partial charge in [0.05, 0.1) is 11.6 Å². The molecule has 1 saturated carbocycles. The molecule has 4 atom stereocenters. The lowest BCUT2D eigenvalue weighted by molar-refractivity contribution is -0.137. The number of nitrogens with one attached hydrogen (secondary N) is 2. The van der Waals surface area contributed by atoms with Crippen molar-refractivity contribution >= 4 is 11.6 Å². The molecule has 1 aliphatic heterocycles. The number of likely N-dealkylation sites (N-methyl/N-ethyl adjacent to an activating group) is 1. The van der Waals surface area contributed by atoms with E-state index in [-0.39, 0.29) is 23.9 Å².